The van der Waals surface area contributed by atoms with Crippen molar-refractivity contribution in [1.82, 2.24) is 9.88 Å². The van der Waals surface area contributed by atoms with Crippen LogP contribution in [0.4, 0.5) is 19.0 Å². The van der Waals surface area contributed by atoms with E-state index in [2.05, 4.69) is 11.6 Å². The van der Waals surface area contributed by atoms with Crippen molar-refractivity contribution in [2.75, 3.05) is 31.1 Å². The van der Waals surface area contributed by atoms with Crippen LogP contribution in [0.2, 0.25) is 0 Å². The number of anilines is 1. The van der Waals surface area contributed by atoms with Crippen molar-refractivity contribution in [2.45, 2.75) is 18.8 Å². The summed E-state index contributed by atoms with van der Waals surface area (Å²) in [6.45, 7) is 5.29. The highest BCUT2D eigenvalue weighted by Crippen LogP contribution is 2.33. The molecule has 0 bridgehead atoms. The monoisotopic (exact) mass is 327 g/mol. The number of carbonyl (C=O) groups excluding carboxylic acids is 1. The van der Waals surface area contributed by atoms with Gasteiger partial charge < -0.3 is 14.5 Å². The third-order valence-electron chi connectivity index (χ3n) is 4.08. The van der Waals surface area contributed by atoms with Crippen LogP contribution in [0, 0.1) is 0 Å². The van der Waals surface area contributed by atoms with Crippen LogP contribution in [0.25, 0.3) is 0 Å². The van der Waals surface area contributed by atoms with E-state index in [1.807, 2.05) is 4.90 Å². The molecule has 3 heterocycles. The Labute approximate surface area is 131 Å². The number of piperazine rings is 1. The third kappa shape index (κ3) is 3.03. The molecule has 124 valence electrons. The second kappa shape index (κ2) is 5.84. The predicted molar refractivity (Wildman–Crippen MR) is 76.8 cm³/mol. The van der Waals surface area contributed by atoms with Crippen LogP contribution in [0.3, 0.4) is 0 Å². The number of ether oxygens (including phenoxy) is 1. The highest BCUT2D eigenvalue weighted by atomic mass is 19.4. The quantitative estimate of drug-likeness (QED) is 0.739. The maximum absolute atomic E-state index is 12.8. The molecule has 1 saturated heterocycles. The summed E-state index contributed by atoms with van der Waals surface area (Å²) in [5.41, 5.74) is -0.357. The van der Waals surface area contributed by atoms with Gasteiger partial charge in [0.2, 0.25) is 5.91 Å². The van der Waals surface area contributed by atoms with Gasteiger partial charge in [-0.3, -0.25) is 4.79 Å². The van der Waals surface area contributed by atoms with Gasteiger partial charge in [0.25, 0.3) is 0 Å². The minimum atomic E-state index is -4.43. The number of hydrogen-bond donors (Lipinski definition) is 0. The lowest BCUT2D eigenvalue weighted by molar-refractivity contribution is -0.138. The Balaban J connectivity index is 1.88. The van der Waals surface area contributed by atoms with Gasteiger partial charge in [0, 0.05) is 31.4 Å². The summed E-state index contributed by atoms with van der Waals surface area (Å²) in [5.74, 6) is 0.348. The van der Waals surface area contributed by atoms with E-state index >= 15 is 0 Å². The predicted octanol–water partition coefficient (Wildman–Crippen LogP) is 1.83. The zero-order valence-electron chi connectivity index (χ0n) is 12.3. The van der Waals surface area contributed by atoms with Crippen molar-refractivity contribution in [2.24, 2.45) is 0 Å². The Morgan fingerprint density at radius 2 is 2.22 bits per heavy atom. The van der Waals surface area contributed by atoms with Crippen molar-refractivity contribution < 1.29 is 22.7 Å². The summed E-state index contributed by atoms with van der Waals surface area (Å²) >= 11 is 0. The van der Waals surface area contributed by atoms with Crippen LogP contribution < -0.4 is 4.90 Å². The molecule has 1 fully saturated rings. The molecule has 0 N–H and O–H groups in total. The first-order valence-corrected chi connectivity index (χ1v) is 7.22. The second-order valence-electron chi connectivity index (χ2n) is 5.56. The normalized spacial score (nSPS) is 21.3. The van der Waals surface area contributed by atoms with E-state index < -0.39 is 11.7 Å². The zero-order chi connectivity index (χ0) is 16.6. The van der Waals surface area contributed by atoms with Crippen LogP contribution in [-0.4, -0.2) is 48.1 Å². The van der Waals surface area contributed by atoms with Gasteiger partial charge in [-0.05, 0) is 12.1 Å². The van der Waals surface area contributed by atoms with Gasteiger partial charge in [0.05, 0.1) is 24.8 Å². The number of rotatable bonds is 1. The third-order valence-corrected chi connectivity index (χ3v) is 4.08. The highest BCUT2D eigenvalue weighted by molar-refractivity contribution is 5.87. The van der Waals surface area contributed by atoms with E-state index in [1.54, 1.807) is 4.90 Å². The van der Waals surface area contributed by atoms with E-state index in [1.165, 1.54) is 6.08 Å². The number of pyridine rings is 1. The highest BCUT2D eigenvalue weighted by Gasteiger charge is 2.36. The number of carbonyl (C=O) groups is 1. The van der Waals surface area contributed by atoms with Crippen molar-refractivity contribution in [3.05, 3.63) is 36.0 Å². The zero-order valence-corrected chi connectivity index (χ0v) is 12.3. The van der Waals surface area contributed by atoms with E-state index in [4.69, 9.17) is 4.74 Å². The smallest absolute Gasteiger partial charge is 0.374 e. The molecule has 0 spiro atoms. The Morgan fingerprint density at radius 1 is 1.43 bits per heavy atom. The van der Waals surface area contributed by atoms with E-state index in [9.17, 15) is 18.0 Å². The van der Waals surface area contributed by atoms with Crippen LogP contribution in [-0.2, 0) is 22.3 Å². The van der Waals surface area contributed by atoms with Gasteiger partial charge in [-0.1, -0.05) is 6.58 Å². The molecule has 1 aromatic rings. The van der Waals surface area contributed by atoms with Gasteiger partial charge in [-0.15, -0.1) is 0 Å². The first kappa shape index (κ1) is 15.8. The van der Waals surface area contributed by atoms with Gasteiger partial charge in [0.15, 0.2) is 0 Å². The lowest BCUT2D eigenvalue weighted by Crippen LogP contribution is -2.56. The van der Waals surface area contributed by atoms with Gasteiger partial charge in [0.1, 0.15) is 5.82 Å². The fraction of sp³-hybridized carbons (Fsp3) is 0.467. The molecular formula is C15H16F3N3O2. The molecule has 2 aliphatic heterocycles. The molecule has 0 unspecified atom stereocenters. The lowest BCUT2D eigenvalue weighted by Gasteiger charge is -2.41. The lowest BCUT2D eigenvalue weighted by atomic mass is 10.1. The molecule has 8 heteroatoms. The number of hydrogen-bond acceptors (Lipinski definition) is 4. The fourth-order valence-corrected chi connectivity index (χ4v) is 2.93. The molecule has 0 aromatic carbocycles. The Kier molecular flexibility index (Phi) is 4.01. The van der Waals surface area contributed by atoms with Gasteiger partial charge in [-0.2, -0.15) is 13.2 Å². The van der Waals surface area contributed by atoms with E-state index in [0.717, 1.165) is 12.3 Å². The van der Waals surface area contributed by atoms with Crippen LogP contribution in [0.15, 0.2) is 24.9 Å². The van der Waals surface area contributed by atoms with Crippen LogP contribution in [0.5, 0.6) is 0 Å². The maximum atomic E-state index is 12.8. The fourth-order valence-electron chi connectivity index (χ4n) is 2.93. The van der Waals surface area contributed by atoms with Crippen LogP contribution >= 0.6 is 0 Å². The molecule has 1 aromatic heterocycles. The molecule has 3 rings (SSSR count). The van der Waals surface area contributed by atoms with Gasteiger partial charge in [-0.25, -0.2) is 4.98 Å². The molecular weight excluding hydrogens is 311 g/mol. The minimum Gasteiger partial charge on any atom is -0.374 e. The van der Waals surface area contributed by atoms with Crippen molar-refractivity contribution in [1.29, 1.82) is 0 Å². The summed E-state index contributed by atoms with van der Waals surface area (Å²) in [7, 11) is 0. The number of halogens is 3. The molecule has 1 amide bonds. The first-order valence-electron chi connectivity index (χ1n) is 7.22. The van der Waals surface area contributed by atoms with Crippen molar-refractivity contribution in [3.63, 3.8) is 0 Å². The van der Waals surface area contributed by atoms with E-state index in [0.29, 0.717) is 37.6 Å². The molecule has 0 radical (unpaired) electrons. The average Bonchev–Trinajstić information content (AvgIpc) is 2.71. The first-order chi connectivity index (χ1) is 10.9. The average molecular weight is 327 g/mol. The standard InChI is InChI=1S/C15H16F3N3O2/c1-2-13(22)20-3-4-21-12(7-20)9-23-8-10-5-11(15(16,17)18)6-19-14(10)21/h2,5-6,12H,1,3-4,7-9H2/t12-/m1/s1. The van der Waals surface area contributed by atoms with Crippen LogP contribution in [0.1, 0.15) is 11.1 Å². The SMILES string of the molecule is C=CC(=O)N1CCN2c3ncc(C(F)(F)F)cc3COC[C@H]2C1. The Bertz CT molecular complexity index is 633. The molecule has 1 atom stereocenters. The van der Waals surface area contributed by atoms with Crippen molar-refractivity contribution >= 4 is 11.7 Å². The summed E-state index contributed by atoms with van der Waals surface area (Å²) in [6, 6.07) is 0.963. The molecule has 2 aliphatic rings. The van der Waals surface area contributed by atoms with E-state index in [-0.39, 0.29) is 18.6 Å². The number of nitrogens with zero attached hydrogens (tertiary/aromatic N) is 3. The number of amides is 1. The number of aromatic nitrogens is 1. The Hall–Kier alpha value is -2.09. The summed E-state index contributed by atoms with van der Waals surface area (Å²) in [4.78, 5) is 19.3. The Morgan fingerprint density at radius 3 is 2.91 bits per heavy atom. The molecule has 0 saturated carbocycles. The maximum Gasteiger partial charge on any atom is 0.417 e. The molecule has 5 nitrogen and oxygen atoms in total. The summed E-state index contributed by atoms with van der Waals surface area (Å²) in [6.07, 6.45) is -2.32. The second-order valence-corrected chi connectivity index (χ2v) is 5.56. The largest absolute Gasteiger partial charge is 0.417 e. The number of alkyl halides is 3. The molecule has 23 heavy (non-hydrogen) atoms. The minimum absolute atomic E-state index is 0.0780. The van der Waals surface area contributed by atoms with Gasteiger partial charge >= 0.3 is 6.18 Å². The summed E-state index contributed by atoms with van der Waals surface area (Å²) in [5, 5.41) is 0. The molecule has 0 aliphatic carbocycles. The summed E-state index contributed by atoms with van der Waals surface area (Å²) < 4.78 is 44.0. The topological polar surface area (TPSA) is 45.7 Å². The number of fused-ring (bicyclic) bond motifs is 3. The van der Waals surface area contributed by atoms with Crippen molar-refractivity contribution in [3.8, 4) is 0 Å².